The number of ether oxygens (including phenoxy) is 2. The van der Waals surface area contributed by atoms with E-state index in [1.165, 1.54) is 11.3 Å². The molecule has 0 aromatic heterocycles. The van der Waals surface area contributed by atoms with Crippen molar-refractivity contribution < 1.29 is 19.4 Å². The predicted octanol–water partition coefficient (Wildman–Crippen LogP) is 5.17. The molecule has 0 radical (unpaired) electrons. The number of hydrogen-bond acceptors (Lipinski definition) is 4. The third kappa shape index (κ3) is 5.10. The Morgan fingerprint density at radius 3 is 2.65 bits per heavy atom. The first kappa shape index (κ1) is 21.4. The maximum atomic E-state index is 11.7. The number of benzene rings is 2. The zero-order valence-corrected chi connectivity index (χ0v) is 18.2. The van der Waals surface area contributed by atoms with Crippen molar-refractivity contribution in [2.75, 3.05) is 37.8 Å². The summed E-state index contributed by atoms with van der Waals surface area (Å²) in [5, 5.41) is 9.57. The molecule has 2 aliphatic rings. The van der Waals surface area contributed by atoms with E-state index in [1.807, 2.05) is 18.2 Å². The summed E-state index contributed by atoms with van der Waals surface area (Å²) in [4.78, 5) is 14.0. The summed E-state index contributed by atoms with van der Waals surface area (Å²) in [6.45, 7) is 5.85. The molecule has 4 rings (SSSR count). The van der Waals surface area contributed by atoms with Gasteiger partial charge >= 0.3 is 5.97 Å². The van der Waals surface area contributed by atoms with Gasteiger partial charge in [-0.05, 0) is 78.3 Å². The SMILES string of the molecule is CCCCOCCOc1ccc(-c2cc3c4c(c2)CCCN4CCC(C(=O)O)=C3)cc1. The van der Waals surface area contributed by atoms with Gasteiger partial charge in [0.25, 0.3) is 0 Å². The number of rotatable bonds is 9. The Hall–Kier alpha value is -2.79. The lowest BCUT2D eigenvalue weighted by Crippen LogP contribution is -2.30. The molecule has 2 aromatic carbocycles. The third-order valence-corrected chi connectivity index (χ3v) is 5.99. The summed E-state index contributed by atoms with van der Waals surface area (Å²) >= 11 is 0. The topological polar surface area (TPSA) is 59.0 Å². The molecule has 5 nitrogen and oxygen atoms in total. The van der Waals surface area contributed by atoms with Gasteiger partial charge in [0.05, 0.1) is 6.61 Å². The molecule has 2 aromatic rings. The van der Waals surface area contributed by atoms with Gasteiger partial charge in [0, 0.05) is 31.0 Å². The molecule has 0 aliphatic carbocycles. The summed E-state index contributed by atoms with van der Waals surface area (Å²) in [6.07, 6.45) is 6.79. The molecule has 0 amide bonds. The van der Waals surface area contributed by atoms with E-state index >= 15 is 0 Å². The Kier molecular flexibility index (Phi) is 6.92. The summed E-state index contributed by atoms with van der Waals surface area (Å²) in [5.41, 5.74) is 6.26. The first-order valence-corrected chi connectivity index (χ1v) is 11.3. The second-order valence-electron chi connectivity index (χ2n) is 8.23. The van der Waals surface area contributed by atoms with Gasteiger partial charge in [0.15, 0.2) is 0 Å². The highest BCUT2D eigenvalue weighted by atomic mass is 16.5. The van der Waals surface area contributed by atoms with Crippen molar-refractivity contribution in [2.45, 2.75) is 39.0 Å². The normalized spacial score (nSPS) is 15.1. The van der Waals surface area contributed by atoms with Gasteiger partial charge in [-0.25, -0.2) is 4.79 Å². The number of unbranched alkanes of at least 4 members (excludes halogenated alkanes) is 1. The fraction of sp³-hybridized carbons (Fsp3) is 0.423. The Bertz CT molecular complexity index is 949. The molecular formula is C26H31NO4. The van der Waals surface area contributed by atoms with Gasteiger partial charge in [-0.15, -0.1) is 0 Å². The van der Waals surface area contributed by atoms with Gasteiger partial charge in [-0.3, -0.25) is 0 Å². The van der Waals surface area contributed by atoms with Gasteiger partial charge in [0.1, 0.15) is 12.4 Å². The van der Waals surface area contributed by atoms with Crippen LogP contribution in [-0.2, 0) is 16.0 Å². The Balaban J connectivity index is 1.52. The van der Waals surface area contributed by atoms with Crippen LogP contribution in [0.3, 0.4) is 0 Å². The number of hydrogen-bond donors (Lipinski definition) is 1. The van der Waals surface area contributed by atoms with E-state index in [9.17, 15) is 9.90 Å². The number of aliphatic carboxylic acids is 1. The molecule has 2 heterocycles. The summed E-state index contributed by atoms with van der Waals surface area (Å²) in [7, 11) is 0. The van der Waals surface area contributed by atoms with E-state index in [1.54, 1.807) is 0 Å². The molecule has 0 fully saturated rings. The standard InChI is InChI=1S/C26H31NO4/c1-2-3-13-30-14-15-31-24-8-6-19(7-9-24)22-16-20-5-4-11-27-12-10-21(26(28)29)17-23(18-22)25(20)27/h6-9,16-18H,2-5,10-15H2,1H3,(H,28,29). The van der Waals surface area contributed by atoms with Crippen LogP contribution in [0.5, 0.6) is 5.75 Å². The van der Waals surface area contributed by atoms with E-state index in [0.29, 0.717) is 25.2 Å². The lowest BCUT2D eigenvalue weighted by atomic mass is 9.92. The number of carboxylic acids is 1. The van der Waals surface area contributed by atoms with E-state index < -0.39 is 5.97 Å². The average Bonchev–Trinajstić information content (AvgIpc) is 2.97. The largest absolute Gasteiger partial charge is 0.491 e. The van der Waals surface area contributed by atoms with Crippen molar-refractivity contribution in [3.05, 3.63) is 53.1 Å². The van der Waals surface area contributed by atoms with Crippen molar-refractivity contribution >= 4 is 17.7 Å². The van der Waals surface area contributed by atoms with E-state index in [-0.39, 0.29) is 0 Å². The fourth-order valence-corrected chi connectivity index (χ4v) is 4.36. The number of carboxylic acid groups (broad SMARTS) is 1. The summed E-state index contributed by atoms with van der Waals surface area (Å²) < 4.78 is 11.3. The molecule has 5 heteroatoms. The Morgan fingerprint density at radius 2 is 1.87 bits per heavy atom. The first-order chi connectivity index (χ1) is 15.2. The average molecular weight is 422 g/mol. The molecule has 0 saturated carbocycles. The van der Waals surface area contributed by atoms with Gasteiger partial charge in [-0.1, -0.05) is 25.5 Å². The fourth-order valence-electron chi connectivity index (χ4n) is 4.36. The Labute approximate surface area is 184 Å². The Morgan fingerprint density at radius 1 is 1.03 bits per heavy atom. The van der Waals surface area contributed by atoms with Crippen molar-refractivity contribution in [3.8, 4) is 16.9 Å². The molecule has 31 heavy (non-hydrogen) atoms. The molecular weight excluding hydrogens is 390 g/mol. The highest BCUT2D eigenvalue weighted by Gasteiger charge is 2.25. The highest BCUT2D eigenvalue weighted by Crippen LogP contribution is 2.39. The molecule has 0 unspecified atom stereocenters. The second-order valence-corrected chi connectivity index (χ2v) is 8.23. The lowest BCUT2D eigenvalue weighted by molar-refractivity contribution is -0.132. The molecule has 0 saturated heterocycles. The lowest BCUT2D eigenvalue weighted by Gasteiger charge is -2.32. The van der Waals surface area contributed by atoms with Crippen LogP contribution >= 0.6 is 0 Å². The van der Waals surface area contributed by atoms with Crippen molar-refractivity contribution in [1.29, 1.82) is 0 Å². The van der Waals surface area contributed by atoms with E-state index in [2.05, 4.69) is 36.1 Å². The van der Waals surface area contributed by atoms with Crippen molar-refractivity contribution in [3.63, 3.8) is 0 Å². The number of aryl methyl sites for hydroxylation is 1. The third-order valence-electron chi connectivity index (χ3n) is 5.99. The predicted molar refractivity (Wildman–Crippen MR) is 124 cm³/mol. The molecule has 2 aliphatic heterocycles. The highest BCUT2D eigenvalue weighted by molar-refractivity contribution is 5.95. The first-order valence-electron chi connectivity index (χ1n) is 11.3. The van der Waals surface area contributed by atoms with Crippen LogP contribution in [0, 0.1) is 0 Å². The number of nitrogens with zero attached hydrogens (tertiary/aromatic N) is 1. The number of carbonyl (C=O) groups is 1. The van der Waals surface area contributed by atoms with Crippen LogP contribution in [0.15, 0.2) is 42.0 Å². The van der Waals surface area contributed by atoms with E-state index in [0.717, 1.165) is 67.8 Å². The van der Waals surface area contributed by atoms with Crippen LogP contribution in [-0.4, -0.2) is 44.0 Å². The van der Waals surface area contributed by atoms with Gasteiger partial charge < -0.3 is 19.5 Å². The van der Waals surface area contributed by atoms with Crippen LogP contribution in [0.25, 0.3) is 17.2 Å². The van der Waals surface area contributed by atoms with Crippen LogP contribution in [0.2, 0.25) is 0 Å². The monoisotopic (exact) mass is 421 g/mol. The minimum atomic E-state index is -0.820. The molecule has 0 atom stereocenters. The minimum Gasteiger partial charge on any atom is -0.491 e. The summed E-state index contributed by atoms with van der Waals surface area (Å²) in [6, 6.07) is 12.5. The zero-order valence-electron chi connectivity index (χ0n) is 18.2. The molecule has 0 bridgehead atoms. The quantitative estimate of drug-likeness (QED) is 0.566. The maximum absolute atomic E-state index is 11.7. The maximum Gasteiger partial charge on any atom is 0.331 e. The van der Waals surface area contributed by atoms with Crippen LogP contribution < -0.4 is 9.64 Å². The van der Waals surface area contributed by atoms with Crippen molar-refractivity contribution in [1.82, 2.24) is 0 Å². The second kappa shape index (κ2) is 10.0. The zero-order chi connectivity index (χ0) is 21.6. The molecule has 1 N–H and O–H groups in total. The minimum absolute atomic E-state index is 0.485. The van der Waals surface area contributed by atoms with Crippen LogP contribution in [0.4, 0.5) is 5.69 Å². The van der Waals surface area contributed by atoms with E-state index in [4.69, 9.17) is 9.47 Å². The van der Waals surface area contributed by atoms with Crippen LogP contribution in [0.1, 0.15) is 43.7 Å². The van der Waals surface area contributed by atoms with Crippen molar-refractivity contribution in [2.24, 2.45) is 0 Å². The molecule has 0 spiro atoms. The number of anilines is 1. The van der Waals surface area contributed by atoms with Gasteiger partial charge in [-0.2, -0.15) is 0 Å². The van der Waals surface area contributed by atoms with Gasteiger partial charge in [0.2, 0.25) is 0 Å². The summed E-state index contributed by atoms with van der Waals surface area (Å²) in [5.74, 6) is 0.0114. The smallest absolute Gasteiger partial charge is 0.331 e. The molecule has 164 valence electrons.